The topological polar surface area (TPSA) is 51.6 Å². The number of rotatable bonds is 4. The third kappa shape index (κ3) is 4.48. The first-order chi connectivity index (χ1) is 25.7. The van der Waals surface area contributed by atoms with Gasteiger partial charge in [-0.1, -0.05) is 146 Å². The Morgan fingerprint density at radius 1 is 0.288 bits per heavy atom. The zero-order valence-corrected chi connectivity index (χ0v) is 28.0. The van der Waals surface area contributed by atoms with E-state index in [-0.39, 0.29) is 0 Å². The molecule has 0 aliphatic heterocycles. The van der Waals surface area contributed by atoms with E-state index in [0.29, 0.717) is 0 Å². The summed E-state index contributed by atoms with van der Waals surface area (Å²) in [6.07, 6.45) is 0. The highest BCUT2D eigenvalue weighted by molar-refractivity contribution is 6.25. The van der Waals surface area contributed by atoms with Crippen LogP contribution in [0.25, 0.3) is 110 Å². The van der Waals surface area contributed by atoms with Crippen molar-refractivity contribution in [1.29, 1.82) is 0 Å². The van der Waals surface area contributed by atoms with Crippen LogP contribution >= 0.6 is 0 Å². The molecular weight excluding hydrogens is 633 g/mol. The fraction of sp³-hybridized carbons (Fsp3) is 0. The van der Waals surface area contributed by atoms with E-state index in [0.717, 1.165) is 77.9 Å². The van der Waals surface area contributed by atoms with E-state index in [1.165, 1.54) is 32.3 Å². The molecule has 0 unspecified atom stereocenters. The number of hydrogen-bond donors (Lipinski definition) is 0. The van der Waals surface area contributed by atoms with Crippen LogP contribution in [-0.4, -0.2) is 19.9 Å². The number of fused-ring (bicyclic) bond motifs is 4. The second-order valence-corrected chi connectivity index (χ2v) is 13.4. The highest BCUT2D eigenvalue weighted by Crippen LogP contribution is 2.40. The second-order valence-electron chi connectivity index (χ2n) is 13.4. The monoisotopic (exact) mass is 660 g/mol. The summed E-state index contributed by atoms with van der Waals surface area (Å²) in [7, 11) is 0. The Kier molecular flexibility index (Phi) is 6.22. The van der Waals surface area contributed by atoms with E-state index < -0.39 is 0 Å². The molecule has 0 aliphatic rings. The van der Waals surface area contributed by atoms with Crippen LogP contribution in [0.1, 0.15) is 0 Å². The van der Waals surface area contributed by atoms with E-state index in [1.54, 1.807) is 0 Å². The summed E-state index contributed by atoms with van der Waals surface area (Å²) in [4.78, 5) is 20.7. The number of pyridine rings is 2. The predicted octanol–water partition coefficient (Wildman–Crippen LogP) is 12.3. The maximum Gasteiger partial charge on any atom is 0.0973 e. The third-order valence-electron chi connectivity index (χ3n) is 10.4. The van der Waals surface area contributed by atoms with Crippen molar-refractivity contribution in [3.63, 3.8) is 0 Å². The SMILES string of the molecule is c1ccc(-c2nc3ccccc3nc2-c2ccc(-c3ccc4ccc5ccc(-c6ccc7ccc8cccc9ccc6c7c89)nc5c4n3)cc2)cc1. The maximum absolute atomic E-state index is 5.33. The van der Waals surface area contributed by atoms with E-state index in [4.69, 9.17) is 19.9 Å². The molecule has 8 aromatic carbocycles. The first kappa shape index (κ1) is 28.8. The van der Waals surface area contributed by atoms with Gasteiger partial charge in [0.2, 0.25) is 0 Å². The minimum absolute atomic E-state index is 0.859. The lowest BCUT2D eigenvalue weighted by molar-refractivity contribution is 1.29. The lowest BCUT2D eigenvalue weighted by Gasteiger charge is -2.14. The van der Waals surface area contributed by atoms with Crippen molar-refractivity contribution in [2.45, 2.75) is 0 Å². The fourth-order valence-corrected chi connectivity index (χ4v) is 7.83. The first-order valence-electron chi connectivity index (χ1n) is 17.6. The van der Waals surface area contributed by atoms with Gasteiger partial charge in [0, 0.05) is 33.0 Å². The van der Waals surface area contributed by atoms with Gasteiger partial charge in [-0.05, 0) is 56.6 Å². The summed E-state index contributed by atoms with van der Waals surface area (Å²) in [5, 5.41) is 9.72. The molecule has 4 nitrogen and oxygen atoms in total. The molecule has 11 aromatic rings. The molecule has 0 saturated heterocycles. The fourth-order valence-electron chi connectivity index (χ4n) is 7.83. The molecule has 0 radical (unpaired) electrons. The Morgan fingerprint density at radius 3 is 1.48 bits per heavy atom. The molecule has 3 heterocycles. The molecule has 4 heteroatoms. The van der Waals surface area contributed by atoms with Crippen molar-refractivity contribution in [3.05, 3.63) is 170 Å². The summed E-state index contributed by atoms with van der Waals surface area (Å²) in [6.45, 7) is 0. The summed E-state index contributed by atoms with van der Waals surface area (Å²) in [6, 6.07) is 59.6. The third-order valence-corrected chi connectivity index (χ3v) is 10.4. The molecule has 0 amide bonds. The molecular formula is C48H28N4. The number of nitrogens with zero attached hydrogens (tertiary/aromatic N) is 4. The minimum atomic E-state index is 0.859. The van der Waals surface area contributed by atoms with Crippen LogP contribution in [0.5, 0.6) is 0 Å². The normalized spacial score (nSPS) is 11.8. The Balaban J connectivity index is 1.03. The van der Waals surface area contributed by atoms with Crippen LogP contribution in [0, 0.1) is 0 Å². The van der Waals surface area contributed by atoms with Gasteiger partial charge in [-0.25, -0.2) is 19.9 Å². The summed E-state index contributed by atoms with van der Waals surface area (Å²) in [5.41, 5.74) is 11.3. The molecule has 0 atom stereocenters. The van der Waals surface area contributed by atoms with Crippen LogP contribution in [0.3, 0.4) is 0 Å². The van der Waals surface area contributed by atoms with E-state index in [1.807, 2.05) is 42.5 Å². The Morgan fingerprint density at radius 2 is 0.788 bits per heavy atom. The van der Waals surface area contributed by atoms with E-state index >= 15 is 0 Å². The summed E-state index contributed by atoms with van der Waals surface area (Å²) in [5.74, 6) is 0. The summed E-state index contributed by atoms with van der Waals surface area (Å²) < 4.78 is 0. The van der Waals surface area contributed by atoms with Gasteiger partial charge in [-0.15, -0.1) is 0 Å². The average molecular weight is 661 g/mol. The molecule has 11 rings (SSSR count). The van der Waals surface area contributed by atoms with Crippen molar-refractivity contribution in [3.8, 4) is 45.0 Å². The predicted molar refractivity (Wildman–Crippen MR) is 216 cm³/mol. The molecule has 0 spiro atoms. The maximum atomic E-state index is 5.33. The van der Waals surface area contributed by atoms with Gasteiger partial charge in [-0.2, -0.15) is 0 Å². The van der Waals surface area contributed by atoms with Gasteiger partial charge in [-0.3, -0.25) is 0 Å². The van der Waals surface area contributed by atoms with Crippen LogP contribution in [-0.2, 0) is 0 Å². The Labute approximate surface area is 299 Å². The molecule has 240 valence electrons. The van der Waals surface area contributed by atoms with Crippen LogP contribution < -0.4 is 0 Å². The van der Waals surface area contributed by atoms with Crippen molar-refractivity contribution < 1.29 is 0 Å². The number of benzene rings is 8. The standard InChI is InChI=1S/C48H28N4/c1-2-7-33(8-3-1)45-48(52-42-12-5-4-11-41(42)51-45)34-17-13-29(14-18-34)39-27-23-35-19-20-36-24-28-40(50-47(36)46(35)49-39)37-25-21-32-16-15-30-9-6-10-31-22-26-38(37)44(32)43(30)31/h1-28H. The first-order valence-corrected chi connectivity index (χ1v) is 17.6. The number of hydrogen-bond acceptors (Lipinski definition) is 4. The number of para-hydroxylation sites is 2. The van der Waals surface area contributed by atoms with Crippen molar-refractivity contribution in [1.82, 2.24) is 19.9 Å². The van der Waals surface area contributed by atoms with Crippen LogP contribution in [0.15, 0.2) is 170 Å². The molecule has 0 saturated carbocycles. The van der Waals surface area contributed by atoms with Gasteiger partial charge in [0.25, 0.3) is 0 Å². The average Bonchev–Trinajstić information content (AvgIpc) is 3.22. The Bertz CT molecular complexity index is 3150. The van der Waals surface area contributed by atoms with Gasteiger partial charge in [0.1, 0.15) is 0 Å². The minimum Gasteiger partial charge on any atom is -0.245 e. The zero-order chi connectivity index (χ0) is 34.2. The van der Waals surface area contributed by atoms with Gasteiger partial charge in [0.15, 0.2) is 0 Å². The van der Waals surface area contributed by atoms with Crippen molar-refractivity contribution in [2.24, 2.45) is 0 Å². The van der Waals surface area contributed by atoms with Gasteiger partial charge in [0.05, 0.1) is 44.8 Å². The number of aromatic nitrogens is 4. The molecule has 0 bridgehead atoms. The summed E-state index contributed by atoms with van der Waals surface area (Å²) >= 11 is 0. The van der Waals surface area contributed by atoms with Crippen molar-refractivity contribution in [2.75, 3.05) is 0 Å². The van der Waals surface area contributed by atoms with E-state index in [2.05, 4.69) is 127 Å². The van der Waals surface area contributed by atoms with Gasteiger partial charge >= 0.3 is 0 Å². The smallest absolute Gasteiger partial charge is 0.0973 e. The van der Waals surface area contributed by atoms with Gasteiger partial charge < -0.3 is 0 Å². The lowest BCUT2D eigenvalue weighted by Crippen LogP contribution is -1.95. The van der Waals surface area contributed by atoms with Crippen LogP contribution in [0.2, 0.25) is 0 Å². The zero-order valence-electron chi connectivity index (χ0n) is 28.0. The molecule has 0 N–H and O–H groups in total. The molecule has 3 aromatic heterocycles. The molecule has 52 heavy (non-hydrogen) atoms. The molecule has 0 aliphatic carbocycles. The quantitative estimate of drug-likeness (QED) is 0.176. The van der Waals surface area contributed by atoms with Crippen molar-refractivity contribution >= 4 is 65.2 Å². The molecule has 0 fully saturated rings. The highest BCUT2D eigenvalue weighted by atomic mass is 14.8. The second kappa shape index (κ2) is 11.2. The highest BCUT2D eigenvalue weighted by Gasteiger charge is 2.16. The lowest BCUT2D eigenvalue weighted by atomic mass is 9.91. The van der Waals surface area contributed by atoms with E-state index in [9.17, 15) is 0 Å². The van der Waals surface area contributed by atoms with Crippen LogP contribution in [0.4, 0.5) is 0 Å². The largest absolute Gasteiger partial charge is 0.245 e. The Hall–Kier alpha value is -7.04.